The van der Waals surface area contributed by atoms with Crippen molar-refractivity contribution in [3.63, 3.8) is 0 Å². The number of benzene rings is 3. The van der Waals surface area contributed by atoms with E-state index in [1.165, 1.54) is 5.56 Å². The molecule has 3 aromatic carbocycles. The molecule has 0 aliphatic heterocycles. The monoisotopic (exact) mass is 606 g/mol. The number of thiazole rings is 1. The molecule has 0 saturated carbocycles. The summed E-state index contributed by atoms with van der Waals surface area (Å²) in [6.07, 6.45) is 0. The van der Waals surface area contributed by atoms with Gasteiger partial charge in [-0.3, -0.25) is 4.98 Å². The van der Waals surface area contributed by atoms with Crippen molar-refractivity contribution in [2.75, 3.05) is 0 Å². The topological polar surface area (TPSA) is 43.6 Å². The first-order valence-corrected chi connectivity index (χ1v) is 10.4. The predicted molar refractivity (Wildman–Crippen MR) is 118 cm³/mol. The Kier molecular flexibility index (Phi) is 5.84. The number of halogens is 1. The van der Waals surface area contributed by atoms with E-state index in [1.54, 1.807) is 6.07 Å². The van der Waals surface area contributed by atoms with Crippen LogP contribution in [0, 0.1) is 32.1 Å². The Labute approximate surface area is 197 Å². The zero-order valence-corrected chi connectivity index (χ0v) is 20.3. The van der Waals surface area contributed by atoms with Gasteiger partial charge in [0.15, 0.2) is 0 Å². The molecule has 157 valence electrons. The standard InChI is InChI=1S/C24H18FN4S.Ir/c1-14-12-18(17-8-5-4-6-9-17)13-15(2)22(14)29-16(3)27-28-23(29)19-10-7-11-20-21(19)26-24(25)30-20;/h4-9,11-13H,1-3H3;/q-1;. The summed E-state index contributed by atoms with van der Waals surface area (Å²) in [5.74, 6) is 1.37. The van der Waals surface area contributed by atoms with Crippen molar-refractivity contribution in [3.8, 4) is 28.2 Å². The van der Waals surface area contributed by atoms with E-state index >= 15 is 0 Å². The molecular weight excluding hydrogens is 588 g/mol. The van der Waals surface area contributed by atoms with E-state index in [0.29, 0.717) is 16.9 Å². The van der Waals surface area contributed by atoms with E-state index in [1.807, 2.05) is 35.8 Å². The number of aryl methyl sites for hydroxylation is 3. The van der Waals surface area contributed by atoms with Gasteiger partial charge in [-0.15, -0.1) is 34.6 Å². The van der Waals surface area contributed by atoms with Crippen LogP contribution in [0.15, 0.2) is 54.6 Å². The maximum absolute atomic E-state index is 13.8. The molecule has 1 radical (unpaired) electrons. The Hall–Kier alpha value is -2.73. The molecule has 0 atom stereocenters. The number of fused-ring (bicyclic) bond motifs is 1. The van der Waals surface area contributed by atoms with Gasteiger partial charge in [0.2, 0.25) is 0 Å². The molecule has 0 unspecified atom stereocenters. The van der Waals surface area contributed by atoms with Gasteiger partial charge < -0.3 is 4.57 Å². The van der Waals surface area contributed by atoms with E-state index in [4.69, 9.17) is 0 Å². The van der Waals surface area contributed by atoms with Gasteiger partial charge in [-0.25, -0.2) is 0 Å². The molecule has 0 aliphatic rings. The number of aromatic nitrogens is 4. The first kappa shape index (κ1) is 21.5. The maximum atomic E-state index is 13.8. The van der Waals surface area contributed by atoms with Gasteiger partial charge in [0.05, 0.1) is 5.82 Å². The van der Waals surface area contributed by atoms with Crippen molar-refractivity contribution in [1.82, 2.24) is 19.7 Å². The van der Waals surface area contributed by atoms with Crippen LogP contribution in [0.1, 0.15) is 17.0 Å². The van der Waals surface area contributed by atoms with E-state index in [-0.39, 0.29) is 20.1 Å². The molecule has 2 heterocycles. The first-order chi connectivity index (χ1) is 14.5. The first-order valence-electron chi connectivity index (χ1n) is 9.59. The average Bonchev–Trinajstić information content (AvgIpc) is 3.30. The summed E-state index contributed by atoms with van der Waals surface area (Å²) in [5.41, 5.74) is 6.78. The van der Waals surface area contributed by atoms with Gasteiger partial charge in [0.25, 0.3) is 5.26 Å². The fourth-order valence-corrected chi connectivity index (χ4v) is 4.63. The summed E-state index contributed by atoms with van der Waals surface area (Å²) in [6.45, 7) is 6.10. The molecule has 4 nitrogen and oxygen atoms in total. The third-order valence-electron chi connectivity index (χ3n) is 5.20. The molecule has 0 spiro atoms. The van der Waals surface area contributed by atoms with E-state index in [9.17, 15) is 4.39 Å². The second-order valence-electron chi connectivity index (χ2n) is 7.26. The fraction of sp³-hybridized carbons (Fsp3) is 0.125. The molecule has 2 aromatic heterocycles. The summed E-state index contributed by atoms with van der Waals surface area (Å²) in [5, 5.41) is 8.26. The molecule has 0 fully saturated rings. The minimum atomic E-state index is -0.465. The average molecular weight is 606 g/mol. The summed E-state index contributed by atoms with van der Waals surface area (Å²) >= 11 is 1.02. The van der Waals surface area contributed by atoms with Crippen LogP contribution < -0.4 is 0 Å². The van der Waals surface area contributed by atoms with Gasteiger partial charge in [-0.1, -0.05) is 35.9 Å². The van der Waals surface area contributed by atoms with Gasteiger partial charge in [-0.05, 0) is 59.9 Å². The quantitative estimate of drug-likeness (QED) is 0.235. The van der Waals surface area contributed by atoms with Crippen LogP contribution >= 0.6 is 11.3 Å². The van der Waals surface area contributed by atoms with E-state index < -0.39 is 5.26 Å². The third-order valence-corrected chi connectivity index (χ3v) is 6.01. The van der Waals surface area contributed by atoms with Crippen molar-refractivity contribution in [3.05, 3.63) is 82.9 Å². The molecule has 0 bridgehead atoms. The Balaban J connectivity index is 0.00000231. The summed E-state index contributed by atoms with van der Waals surface area (Å²) < 4.78 is 16.6. The van der Waals surface area contributed by atoms with E-state index in [2.05, 4.69) is 59.4 Å². The van der Waals surface area contributed by atoms with Crippen molar-refractivity contribution in [1.29, 1.82) is 0 Å². The minimum absolute atomic E-state index is 0. The molecular formula is C24H18FIrN4S-. The smallest absolute Gasteiger partial charge is 0.259 e. The van der Waals surface area contributed by atoms with Gasteiger partial charge >= 0.3 is 0 Å². The SMILES string of the molecule is Cc1cc(-c2ccccc2)cc(C)c1-n1c(C)nnc1-c1[c-]ccc2sc(F)nc12.[Ir]. The van der Waals surface area contributed by atoms with Gasteiger partial charge in [0.1, 0.15) is 5.82 Å². The molecule has 7 heteroatoms. The van der Waals surface area contributed by atoms with Crippen LogP contribution in [0.5, 0.6) is 0 Å². The number of hydrogen-bond acceptors (Lipinski definition) is 4. The van der Waals surface area contributed by atoms with Crippen molar-refractivity contribution >= 4 is 21.6 Å². The fourth-order valence-electron chi connectivity index (χ4n) is 3.93. The van der Waals surface area contributed by atoms with E-state index in [0.717, 1.165) is 44.2 Å². The Morgan fingerprint density at radius 3 is 2.35 bits per heavy atom. The van der Waals surface area contributed by atoms with Crippen LogP contribution in [0.4, 0.5) is 4.39 Å². The number of nitrogens with zero attached hydrogens (tertiary/aromatic N) is 4. The Morgan fingerprint density at radius 2 is 1.65 bits per heavy atom. The molecule has 5 rings (SSSR count). The predicted octanol–water partition coefficient (Wildman–Crippen LogP) is 6.07. The maximum Gasteiger partial charge on any atom is 0.259 e. The molecule has 5 aromatic rings. The van der Waals surface area contributed by atoms with Crippen LogP contribution in [0.2, 0.25) is 0 Å². The number of rotatable bonds is 3. The zero-order chi connectivity index (χ0) is 20.8. The summed E-state index contributed by atoms with van der Waals surface area (Å²) in [6, 6.07) is 21.5. The van der Waals surface area contributed by atoms with Crippen LogP contribution in [-0.2, 0) is 20.1 Å². The Bertz CT molecular complexity index is 1370. The van der Waals surface area contributed by atoms with Crippen LogP contribution in [-0.4, -0.2) is 19.7 Å². The minimum Gasteiger partial charge on any atom is -0.320 e. The second-order valence-corrected chi connectivity index (χ2v) is 8.24. The molecule has 0 aliphatic carbocycles. The number of hydrogen-bond donors (Lipinski definition) is 0. The molecule has 0 saturated heterocycles. The summed E-state index contributed by atoms with van der Waals surface area (Å²) in [7, 11) is 0. The van der Waals surface area contributed by atoms with Crippen molar-refractivity contribution < 1.29 is 24.5 Å². The zero-order valence-electron chi connectivity index (χ0n) is 17.1. The largest absolute Gasteiger partial charge is 0.320 e. The van der Waals surface area contributed by atoms with Crippen molar-refractivity contribution in [2.45, 2.75) is 20.8 Å². The summed E-state index contributed by atoms with van der Waals surface area (Å²) in [4.78, 5) is 4.07. The second kappa shape index (κ2) is 8.42. The molecule has 0 amide bonds. The van der Waals surface area contributed by atoms with Crippen LogP contribution in [0.25, 0.3) is 38.4 Å². The molecule has 31 heavy (non-hydrogen) atoms. The van der Waals surface area contributed by atoms with Gasteiger partial charge in [0, 0.05) is 31.3 Å². The Morgan fingerprint density at radius 1 is 0.935 bits per heavy atom. The van der Waals surface area contributed by atoms with Gasteiger partial charge in [-0.2, -0.15) is 9.49 Å². The molecule has 0 N–H and O–H groups in total. The van der Waals surface area contributed by atoms with Crippen LogP contribution in [0.3, 0.4) is 0 Å². The van der Waals surface area contributed by atoms with Crippen molar-refractivity contribution in [2.24, 2.45) is 0 Å². The normalized spacial score (nSPS) is 11.0. The third kappa shape index (κ3) is 3.74.